The van der Waals surface area contributed by atoms with Crippen molar-refractivity contribution < 1.29 is 4.79 Å². The molecule has 0 saturated carbocycles. The maximum absolute atomic E-state index is 10.6. The molecule has 0 aliphatic rings. The third-order valence-corrected chi connectivity index (χ3v) is 1.73. The predicted molar refractivity (Wildman–Crippen MR) is 50.1 cm³/mol. The Morgan fingerprint density at radius 2 is 1.92 bits per heavy atom. The standard InChI is InChI=1S/C11H12O/c1-2-6-11(9-12)10-7-4-3-5-8-10/h2-9,11H,1H3/b6-2+. The van der Waals surface area contributed by atoms with Gasteiger partial charge in [-0.05, 0) is 12.5 Å². The quantitative estimate of drug-likeness (QED) is 0.490. The molecule has 0 bridgehead atoms. The number of allylic oxidation sites excluding steroid dienone is 2. The Balaban J connectivity index is 2.87. The second-order valence-electron chi connectivity index (χ2n) is 2.60. The van der Waals surface area contributed by atoms with Crippen LogP contribution in [0.4, 0.5) is 0 Å². The van der Waals surface area contributed by atoms with Crippen molar-refractivity contribution in [1.29, 1.82) is 0 Å². The largest absolute Gasteiger partial charge is 0.302 e. The van der Waals surface area contributed by atoms with E-state index in [2.05, 4.69) is 0 Å². The monoisotopic (exact) mass is 160 g/mol. The second kappa shape index (κ2) is 4.50. The van der Waals surface area contributed by atoms with Gasteiger partial charge in [-0.3, -0.25) is 0 Å². The molecule has 12 heavy (non-hydrogen) atoms. The molecule has 0 spiro atoms. The van der Waals surface area contributed by atoms with Gasteiger partial charge >= 0.3 is 0 Å². The number of hydrogen-bond donors (Lipinski definition) is 0. The van der Waals surface area contributed by atoms with E-state index in [1.54, 1.807) is 0 Å². The van der Waals surface area contributed by atoms with Crippen LogP contribution in [0.5, 0.6) is 0 Å². The molecule has 0 N–H and O–H groups in total. The summed E-state index contributed by atoms with van der Waals surface area (Å²) in [5.74, 6) is -0.0869. The van der Waals surface area contributed by atoms with Gasteiger partial charge in [-0.25, -0.2) is 0 Å². The number of rotatable bonds is 3. The highest BCUT2D eigenvalue weighted by atomic mass is 16.1. The van der Waals surface area contributed by atoms with E-state index in [1.807, 2.05) is 49.4 Å². The minimum Gasteiger partial charge on any atom is -0.302 e. The fourth-order valence-electron chi connectivity index (χ4n) is 1.12. The van der Waals surface area contributed by atoms with Crippen molar-refractivity contribution >= 4 is 6.29 Å². The molecule has 0 radical (unpaired) electrons. The first-order valence-electron chi connectivity index (χ1n) is 4.01. The SMILES string of the molecule is C/C=C/C(C=O)c1ccccc1. The summed E-state index contributed by atoms with van der Waals surface area (Å²) in [5.41, 5.74) is 1.05. The Hall–Kier alpha value is -1.37. The summed E-state index contributed by atoms with van der Waals surface area (Å²) in [6.45, 7) is 1.92. The summed E-state index contributed by atoms with van der Waals surface area (Å²) in [4.78, 5) is 10.6. The van der Waals surface area contributed by atoms with Crippen molar-refractivity contribution in [2.24, 2.45) is 0 Å². The molecule has 62 valence electrons. The molecule has 1 rings (SSSR count). The van der Waals surface area contributed by atoms with Crippen molar-refractivity contribution in [3.8, 4) is 0 Å². The molecule has 0 amide bonds. The van der Waals surface area contributed by atoms with Gasteiger partial charge in [-0.2, -0.15) is 0 Å². The fraction of sp³-hybridized carbons (Fsp3) is 0.182. The lowest BCUT2D eigenvalue weighted by Crippen LogP contribution is -1.94. The van der Waals surface area contributed by atoms with E-state index in [9.17, 15) is 4.79 Å². The Labute approximate surface area is 72.7 Å². The van der Waals surface area contributed by atoms with Crippen LogP contribution < -0.4 is 0 Å². The summed E-state index contributed by atoms with van der Waals surface area (Å²) >= 11 is 0. The Morgan fingerprint density at radius 3 is 2.42 bits per heavy atom. The van der Waals surface area contributed by atoms with Crippen molar-refractivity contribution in [3.05, 3.63) is 48.0 Å². The van der Waals surface area contributed by atoms with Crippen LogP contribution in [0.1, 0.15) is 18.4 Å². The topological polar surface area (TPSA) is 17.1 Å². The number of carbonyl (C=O) groups is 1. The molecule has 1 unspecified atom stereocenters. The lowest BCUT2D eigenvalue weighted by molar-refractivity contribution is -0.108. The molecule has 1 aromatic rings. The second-order valence-corrected chi connectivity index (χ2v) is 2.60. The highest BCUT2D eigenvalue weighted by Crippen LogP contribution is 2.13. The van der Waals surface area contributed by atoms with Crippen LogP contribution in [0, 0.1) is 0 Å². The van der Waals surface area contributed by atoms with Crippen molar-refractivity contribution in [2.75, 3.05) is 0 Å². The van der Waals surface area contributed by atoms with E-state index in [0.29, 0.717) is 0 Å². The molecule has 0 aromatic heterocycles. The first-order valence-corrected chi connectivity index (χ1v) is 4.01. The van der Waals surface area contributed by atoms with Gasteiger partial charge in [0.1, 0.15) is 6.29 Å². The summed E-state index contributed by atoms with van der Waals surface area (Å²) in [6.07, 6.45) is 4.74. The van der Waals surface area contributed by atoms with Crippen LogP contribution in [0.15, 0.2) is 42.5 Å². The van der Waals surface area contributed by atoms with Crippen LogP contribution in [-0.4, -0.2) is 6.29 Å². The first kappa shape index (κ1) is 8.72. The fourth-order valence-corrected chi connectivity index (χ4v) is 1.12. The van der Waals surface area contributed by atoms with E-state index < -0.39 is 0 Å². The zero-order chi connectivity index (χ0) is 8.81. The predicted octanol–water partition coefficient (Wildman–Crippen LogP) is 2.55. The molecule has 1 heteroatoms. The van der Waals surface area contributed by atoms with Crippen LogP contribution >= 0.6 is 0 Å². The van der Waals surface area contributed by atoms with Gasteiger partial charge < -0.3 is 4.79 Å². The van der Waals surface area contributed by atoms with Gasteiger partial charge in [0.15, 0.2) is 0 Å². The van der Waals surface area contributed by atoms with E-state index in [-0.39, 0.29) is 5.92 Å². The Kier molecular flexibility index (Phi) is 3.27. The zero-order valence-corrected chi connectivity index (χ0v) is 7.10. The third-order valence-electron chi connectivity index (χ3n) is 1.73. The molecule has 0 heterocycles. The molecule has 1 atom stereocenters. The van der Waals surface area contributed by atoms with Crippen LogP contribution in [-0.2, 0) is 4.79 Å². The third kappa shape index (κ3) is 2.06. The Morgan fingerprint density at radius 1 is 1.25 bits per heavy atom. The van der Waals surface area contributed by atoms with Crippen molar-refractivity contribution in [1.82, 2.24) is 0 Å². The summed E-state index contributed by atoms with van der Waals surface area (Å²) in [7, 11) is 0. The van der Waals surface area contributed by atoms with E-state index in [1.165, 1.54) is 0 Å². The number of carbonyl (C=O) groups excluding carboxylic acids is 1. The first-order chi connectivity index (χ1) is 5.88. The van der Waals surface area contributed by atoms with Gasteiger partial charge in [-0.15, -0.1) is 0 Å². The van der Waals surface area contributed by atoms with Gasteiger partial charge in [0, 0.05) is 0 Å². The van der Waals surface area contributed by atoms with E-state index >= 15 is 0 Å². The summed E-state index contributed by atoms with van der Waals surface area (Å²) in [6, 6.07) is 9.74. The van der Waals surface area contributed by atoms with E-state index in [0.717, 1.165) is 11.8 Å². The molecule has 0 fully saturated rings. The molecule has 0 aliphatic carbocycles. The summed E-state index contributed by atoms with van der Waals surface area (Å²) in [5, 5.41) is 0. The van der Waals surface area contributed by atoms with E-state index in [4.69, 9.17) is 0 Å². The average Bonchev–Trinajstić information content (AvgIpc) is 2.15. The minimum absolute atomic E-state index is 0.0869. The highest BCUT2D eigenvalue weighted by molar-refractivity contribution is 5.65. The Bertz CT molecular complexity index is 262. The lowest BCUT2D eigenvalue weighted by Gasteiger charge is -2.03. The molecular weight excluding hydrogens is 148 g/mol. The van der Waals surface area contributed by atoms with Crippen LogP contribution in [0.3, 0.4) is 0 Å². The highest BCUT2D eigenvalue weighted by Gasteiger charge is 2.03. The molecule has 0 aliphatic heterocycles. The van der Waals surface area contributed by atoms with Crippen LogP contribution in [0.25, 0.3) is 0 Å². The summed E-state index contributed by atoms with van der Waals surface area (Å²) < 4.78 is 0. The minimum atomic E-state index is -0.0869. The van der Waals surface area contributed by atoms with Crippen molar-refractivity contribution in [2.45, 2.75) is 12.8 Å². The number of hydrogen-bond acceptors (Lipinski definition) is 1. The molecular formula is C11H12O. The normalized spacial score (nSPS) is 13.1. The van der Waals surface area contributed by atoms with Crippen molar-refractivity contribution in [3.63, 3.8) is 0 Å². The van der Waals surface area contributed by atoms with Gasteiger partial charge in [0.05, 0.1) is 5.92 Å². The maximum atomic E-state index is 10.6. The number of benzene rings is 1. The lowest BCUT2D eigenvalue weighted by atomic mass is 10.0. The smallest absolute Gasteiger partial charge is 0.131 e. The zero-order valence-electron chi connectivity index (χ0n) is 7.10. The van der Waals surface area contributed by atoms with Crippen LogP contribution in [0.2, 0.25) is 0 Å². The van der Waals surface area contributed by atoms with Gasteiger partial charge in [0.25, 0.3) is 0 Å². The van der Waals surface area contributed by atoms with Gasteiger partial charge in [0.2, 0.25) is 0 Å². The average molecular weight is 160 g/mol. The molecule has 0 saturated heterocycles. The number of aldehydes is 1. The molecule has 1 nitrogen and oxygen atoms in total. The maximum Gasteiger partial charge on any atom is 0.131 e. The molecule has 1 aromatic carbocycles. The van der Waals surface area contributed by atoms with Gasteiger partial charge in [-0.1, -0.05) is 42.5 Å².